The van der Waals surface area contributed by atoms with Crippen molar-refractivity contribution in [2.24, 2.45) is 11.8 Å². The zero-order valence-electron chi connectivity index (χ0n) is 14.6. The number of piperidine rings is 1. The van der Waals surface area contributed by atoms with Gasteiger partial charge in [-0.1, -0.05) is 24.2 Å². The Bertz CT molecular complexity index is 647. The van der Waals surface area contributed by atoms with E-state index in [-0.39, 0.29) is 11.8 Å². The van der Waals surface area contributed by atoms with Crippen molar-refractivity contribution in [3.63, 3.8) is 0 Å². The van der Waals surface area contributed by atoms with Gasteiger partial charge in [-0.25, -0.2) is 0 Å². The van der Waals surface area contributed by atoms with Gasteiger partial charge in [-0.2, -0.15) is 4.98 Å². The van der Waals surface area contributed by atoms with Gasteiger partial charge in [0.2, 0.25) is 11.8 Å². The van der Waals surface area contributed by atoms with Crippen molar-refractivity contribution < 1.29 is 19.2 Å². The number of hydrogen-bond donors (Lipinski definition) is 1. The fourth-order valence-corrected chi connectivity index (χ4v) is 3.70. The molecule has 1 aliphatic heterocycles. The van der Waals surface area contributed by atoms with E-state index in [9.17, 15) is 14.7 Å². The van der Waals surface area contributed by atoms with Crippen LogP contribution < -0.4 is 0 Å². The normalized spacial score (nSPS) is 24.4. The second-order valence-corrected chi connectivity index (χ2v) is 6.89. The lowest BCUT2D eigenvalue weighted by atomic mass is 9.81. The van der Waals surface area contributed by atoms with Gasteiger partial charge in [-0.3, -0.25) is 9.59 Å². The fourth-order valence-electron chi connectivity index (χ4n) is 3.70. The summed E-state index contributed by atoms with van der Waals surface area (Å²) in [5.41, 5.74) is 0. The van der Waals surface area contributed by atoms with Crippen LogP contribution in [0.25, 0.3) is 0 Å². The lowest BCUT2D eigenvalue weighted by Crippen LogP contribution is -2.45. The maximum Gasteiger partial charge on any atom is 0.307 e. The van der Waals surface area contributed by atoms with Gasteiger partial charge in [0.25, 0.3) is 0 Å². The summed E-state index contributed by atoms with van der Waals surface area (Å²) in [6.45, 7) is 3.30. The molecule has 136 valence electrons. The number of carbonyl (C=O) groups is 2. The molecule has 2 heterocycles. The van der Waals surface area contributed by atoms with Crippen LogP contribution in [-0.2, 0) is 16.0 Å². The Kier molecular flexibility index (Phi) is 5.50. The Labute approximate surface area is 147 Å². The maximum absolute atomic E-state index is 12.8. The molecule has 1 saturated heterocycles. The topological polar surface area (TPSA) is 96.5 Å². The van der Waals surface area contributed by atoms with E-state index in [4.69, 9.17) is 4.52 Å². The Balaban J connectivity index is 1.58. The first-order valence-electron chi connectivity index (χ1n) is 9.09. The van der Waals surface area contributed by atoms with Crippen molar-refractivity contribution in [2.45, 2.75) is 51.4 Å². The highest BCUT2D eigenvalue weighted by atomic mass is 16.5. The standard InChI is InChI=1S/C18H25N3O4/c1-2-5-15-19-16(25-20-15)12-8-10-21(11-9-12)17(22)13-6-3-4-7-14(13)18(23)24/h3-4,12-14H,2,5-11H2,1H3,(H,23,24)/t13-,14-/m1/s1. The molecular weight excluding hydrogens is 322 g/mol. The van der Waals surface area contributed by atoms with Crippen molar-refractivity contribution in [1.82, 2.24) is 15.0 Å². The molecule has 0 radical (unpaired) electrons. The first-order chi connectivity index (χ1) is 12.1. The predicted molar refractivity (Wildman–Crippen MR) is 89.8 cm³/mol. The van der Waals surface area contributed by atoms with E-state index in [0.717, 1.165) is 31.5 Å². The summed E-state index contributed by atoms with van der Waals surface area (Å²) >= 11 is 0. The average molecular weight is 347 g/mol. The molecule has 2 aliphatic rings. The number of nitrogens with zero attached hydrogens (tertiary/aromatic N) is 3. The van der Waals surface area contributed by atoms with E-state index in [1.165, 1.54) is 0 Å². The van der Waals surface area contributed by atoms with Crippen molar-refractivity contribution in [2.75, 3.05) is 13.1 Å². The average Bonchev–Trinajstić information content (AvgIpc) is 3.10. The van der Waals surface area contributed by atoms with E-state index >= 15 is 0 Å². The molecule has 3 rings (SSSR count). The first-order valence-corrected chi connectivity index (χ1v) is 9.09. The first kappa shape index (κ1) is 17.6. The Morgan fingerprint density at radius 1 is 1.24 bits per heavy atom. The van der Waals surface area contributed by atoms with Gasteiger partial charge in [0.1, 0.15) is 0 Å². The molecule has 25 heavy (non-hydrogen) atoms. The van der Waals surface area contributed by atoms with Crippen LogP contribution >= 0.6 is 0 Å². The number of aromatic nitrogens is 2. The number of amides is 1. The summed E-state index contributed by atoms with van der Waals surface area (Å²) < 4.78 is 5.37. The van der Waals surface area contributed by atoms with Gasteiger partial charge in [0, 0.05) is 25.4 Å². The molecule has 2 atom stereocenters. The number of carboxylic acid groups (broad SMARTS) is 1. The number of hydrogen-bond acceptors (Lipinski definition) is 5. The Morgan fingerprint density at radius 2 is 1.92 bits per heavy atom. The third-order valence-electron chi connectivity index (χ3n) is 5.18. The molecule has 1 aliphatic carbocycles. The van der Waals surface area contributed by atoms with E-state index in [1.54, 1.807) is 4.90 Å². The maximum atomic E-state index is 12.8. The van der Waals surface area contributed by atoms with Gasteiger partial charge in [0.15, 0.2) is 5.82 Å². The molecule has 7 heteroatoms. The summed E-state index contributed by atoms with van der Waals surface area (Å²) in [5, 5.41) is 13.4. The molecule has 0 aromatic carbocycles. The lowest BCUT2D eigenvalue weighted by molar-refractivity contribution is -0.151. The lowest BCUT2D eigenvalue weighted by Gasteiger charge is -2.35. The van der Waals surface area contributed by atoms with Crippen molar-refractivity contribution >= 4 is 11.9 Å². The monoisotopic (exact) mass is 347 g/mol. The number of carboxylic acids is 1. The summed E-state index contributed by atoms with van der Waals surface area (Å²) in [5.74, 6) is -0.377. The number of likely N-dealkylation sites (tertiary alicyclic amines) is 1. The smallest absolute Gasteiger partial charge is 0.307 e. The van der Waals surface area contributed by atoms with Crippen molar-refractivity contribution in [1.29, 1.82) is 0 Å². The molecule has 1 amide bonds. The molecule has 1 aromatic rings. The Hall–Kier alpha value is -2.18. The van der Waals surface area contributed by atoms with Crippen LogP contribution in [0.3, 0.4) is 0 Å². The molecule has 0 spiro atoms. The van der Waals surface area contributed by atoms with Gasteiger partial charge < -0.3 is 14.5 Å². The highest BCUT2D eigenvalue weighted by molar-refractivity contribution is 5.85. The van der Waals surface area contributed by atoms with Crippen LogP contribution in [0.4, 0.5) is 0 Å². The zero-order valence-corrected chi connectivity index (χ0v) is 14.6. The third kappa shape index (κ3) is 3.91. The summed E-state index contributed by atoms with van der Waals surface area (Å²) in [6.07, 6.45) is 8.07. The third-order valence-corrected chi connectivity index (χ3v) is 5.18. The zero-order chi connectivity index (χ0) is 17.8. The summed E-state index contributed by atoms with van der Waals surface area (Å²) in [4.78, 5) is 30.4. The number of carbonyl (C=O) groups excluding carboxylic acids is 1. The summed E-state index contributed by atoms with van der Waals surface area (Å²) in [6, 6.07) is 0. The van der Waals surface area contributed by atoms with E-state index in [2.05, 4.69) is 17.1 Å². The quantitative estimate of drug-likeness (QED) is 0.822. The molecule has 1 aromatic heterocycles. The largest absolute Gasteiger partial charge is 0.481 e. The SMILES string of the molecule is CCCc1noc(C2CCN(C(=O)[C@@H]3CC=CC[C@H]3C(=O)O)CC2)n1. The van der Waals surface area contributed by atoms with Gasteiger partial charge in [0.05, 0.1) is 11.8 Å². The van der Waals surface area contributed by atoms with Crippen molar-refractivity contribution in [3.8, 4) is 0 Å². The fraction of sp³-hybridized carbons (Fsp3) is 0.667. The minimum atomic E-state index is -0.883. The summed E-state index contributed by atoms with van der Waals surface area (Å²) in [7, 11) is 0. The number of aryl methyl sites for hydroxylation is 1. The van der Waals surface area contributed by atoms with Crippen LogP contribution in [-0.4, -0.2) is 45.1 Å². The molecule has 0 bridgehead atoms. The van der Waals surface area contributed by atoms with E-state index < -0.39 is 17.8 Å². The van der Waals surface area contributed by atoms with Gasteiger partial charge in [-0.15, -0.1) is 0 Å². The van der Waals surface area contributed by atoms with Crippen LogP contribution in [0.2, 0.25) is 0 Å². The second kappa shape index (κ2) is 7.80. The van der Waals surface area contributed by atoms with Crippen LogP contribution in [0, 0.1) is 11.8 Å². The second-order valence-electron chi connectivity index (χ2n) is 6.89. The molecule has 1 fully saturated rings. The van der Waals surface area contributed by atoms with E-state index in [0.29, 0.717) is 31.8 Å². The van der Waals surface area contributed by atoms with Gasteiger partial charge >= 0.3 is 5.97 Å². The minimum absolute atomic E-state index is 0.0348. The van der Waals surface area contributed by atoms with E-state index in [1.807, 2.05) is 12.2 Å². The molecular formula is C18H25N3O4. The van der Waals surface area contributed by atoms with Crippen molar-refractivity contribution in [3.05, 3.63) is 23.9 Å². The number of rotatable bonds is 5. The molecule has 0 saturated carbocycles. The molecule has 0 unspecified atom stereocenters. The van der Waals surface area contributed by atoms with Crippen LogP contribution in [0.15, 0.2) is 16.7 Å². The highest BCUT2D eigenvalue weighted by Crippen LogP contribution is 2.31. The van der Waals surface area contributed by atoms with Gasteiger partial charge in [-0.05, 0) is 32.1 Å². The number of aliphatic carboxylic acids is 1. The molecule has 7 nitrogen and oxygen atoms in total. The highest BCUT2D eigenvalue weighted by Gasteiger charge is 2.38. The Morgan fingerprint density at radius 3 is 2.56 bits per heavy atom. The van der Waals surface area contributed by atoms with Crippen LogP contribution in [0.1, 0.15) is 56.7 Å². The minimum Gasteiger partial charge on any atom is -0.481 e. The predicted octanol–water partition coefficient (Wildman–Crippen LogP) is 2.40. The molecule has 1 N–H and O–H groups in total. The number of allylic oxidation sites excluding steroid dienone is 2. The van der Waals surface area contributed by atoms with Crippen LogP contribution in [0.5, 0.6) is 0 Å².